The lowest BCUT2D eigenvalue weighted by Gasteiger charge is -2.30. The van der Waals surface area contributed by atoms with Crippen LogP contribution >= 0.6 is 12.2 Å². The molecule has 0 saturated carbocycles. The maximum absolute atomic E-state index is 14.7. The number of halogens is 1. The van der Waals surface area contributed by atoms with E-state index in [1.807, 2.05) is 11.0 Å². The smallest absolute Gasteiger partial charge is 0.414 e. The van der Waals surface area contributed by atoms with E-state index in [1.165, 1.54) is 11.0 Å². The van der Waals surface area contributed by atoms with Crippen LogP contribution in [0.3, 0.4) is 0 Å². The number of thiocarbonyl (C=S) groups is 1. The third-order valence-electron chi connectivity index (χ3n) is 4.64. The van der Waals surface area contributed by atoms with E-state index in [4.69, 9.17) is 28.0 Å². The van der Waals surface area contributed by atoms with Gasteiger partial charge in [-0.25, -0.2) is 9.18 Å². The van der Waals surface area contributed by atoms with Gasteiger partial charge in [0.1, 0.15) is 11.9 Å². The molecule has 27 heavy (non-hydrogen) atoms. The highest BCUT2D eigenvalue weighted by Crippen LogP contribution is 2.30. The quantitative estimate of drug-likeness (QED) is 0.601. The van der Waals surface area contributed by atoms with E-state index in [-0.39, 0.29) is 5.11 Å². The Balaban J connectivity index is 1.67. The molecule has 2 aliphatic rings. The van der Waals surface area contributed by atoms with Crippen molar-refractivity contribution in [1.29, 1.82) is 5.26 Å². The van der Waals surface area contributed by atoms with Crippen molar-refractivity contribution in [3.05, 3.63) is 35.7 Å². The van der Waals surface area contributed by atoms with Gasteiger partial charge >= 0.3 is 6.09 Å². The fourth-order valence-corrected chi connectivity index (χ4v) is 3.33. The second-order valence-electron chi connectivity index (χ2n) is 6.42. The molecular formula is C18H20FN5O2S. The van der Waals surface area contributed by atoms with Gasteiger partial charge in [-0.3, -0.25) is 4.90 Å². The molecule has 0 aromatic heterocycles. The van der Waals surface area contributed by atoms with Crippen molar-refractivity contribution in [3.8, 4) is 6.07 Å². The Morgan fingerprint density at radius 1 is 1.48 bits per heavy atom. The number of amides is 1. The number of rotatable bonds is 4. The molecule has 0 aliphatic carbocycles. The number of carbonyl (C=O) groups excluding carboxylic acids is 1. The van der Waals surface area contributed by atoms with Gasteiger partial charge in [0, 0.05) is 19.2 Å². The van der Waals surface area contributed by atoms with Gasteiger partial charge in [0.05, 0.1) is 30.5 Å². The van der Waals surface area contributed by atoms with E-state index >= 15 is 0 Å². The lowest BCUT2D eigenvalue weighted by atomic mass is 10.0. The summed E-state index contributed by atoms with van der Waals surface area (Å²) in [6.07, 6.45) is 2.11. The average molecular weight is 389 g/mol. The van der Waals surface area contributed by atoms with Gasteiger partial charge in [0.2, 0.25) is 0 Å². The number of hydrogen-bond acceptors (Lipinski definition) is 5. The lowest BCUT2D eigenvalue weighted by molar-refractivity contribution is 0.143. The van der Waals surface area contributed by atoms with Crippen LogP contribution in [0.25, 0.3) is 0 Å². The van der Waals surface area contributed by atoms with Crippen LogP contribution in [0.2, 0.25) is 0 Å². The molecule has 0 unspecified atom stereocenters. The molecule has 2 heterocycles. The molecule has 3 N–H and O–H groups in total. The number of hydrogen-bond donors (Lipinski definition) is 2. The van der Waals surface area contributed by atoms with Crippen molar-refractivity contribution in [3.63, 3.8) is 0 Å². The van der Waals surface area contributed by atoms with Crippen molar-refractivity contribution < 1.29 is 13.9 Å². The summed E-state index contributed by atoms with van der Waals surface area (Å²) in [6.45, 7) is 1.91. The minimum absolute atomic E-state index is 0.134. The number of nitrogens with zero attached hydrogens (tertiary/aromatic N) is 3. The highest BCUT2D eigenvalue weighted by atomic mass is 32.1. The monoisotopic (exact) mass is 389 g/mol. The van der Waals surface area contributed by atoms with Gasteiger partial charge in [-0.2, -0.15) is 5.26 Å². The second kappa shape index (κ2) is 8.22. The number of nitriles is 1. The number of benzene rings is 1. The van der Waals surface area contributed by atoms with Crippen LogP contribution in [-0.4, -0.2) is 43.5 Å². The fraction of sp³-hybridized carbons (Fsp3) is 0.389. The first-order valence-corrected chi connectivity index (χ1v) is 9.02. The van der Waals surface area contributed by atoms with Crippen LogP contribution in [0.15, 0.2) is 29.8 Å². The molecule has 0 radical (unpaired) electrons. The highest BCUT2D eigenvalue weighted by molar-refractivity contribution is 7.80. The number of piperidine rings is 1. The maximum Gasteiger partial charge on any atom is 0.414 e. The zero-order valence-corrected chi connectivity index (χ0v) is 15.5. The molecule has 0 spiro atoms. The molecule has 7 nitrogen and oxygen atoms in total. The number of carbonyl (C=O) groups is 1. The summed E-state index contributed by atoms with van der Waals surface area (Å²) in [5.41, 5.74) is 7.40. The van der Waals surface area contributed by atoms with Crippen molar-refractivity contribution in [2.24, 2.45) is 5.73 Å². The molecule has 1 atom stereocenters. The number of anilines is 2. The summed E-state index contributed by atoms with van der Waals surface area (Å²) >= 11 is 4.74. The number of ether oxygens (including phenoxy) is 1. The molecule has 9 heteroatoms. The fourth-order valence-electron chi connectivity index (χ4n) is 3.24. The van der Waals surface area contributed by atoms with Crippen LogP contribution in [0.4, 0.5) is 20.6 Å². The van der Waals surface area contributed by atoms with E-state index in [1.54, 1.807) is 18.2 Å². The van der Waals surface area contributed by atoms with E-state index in [2.05, 4.69) is 5.32 Å². The largest absolute Gasteiger partial charge is 0.442 e. The van der Waals surface area contributed by atoms with Crippen LogP contribution in [0.1, 0.15) is 12.8 Å². The summed E-state index contributed by atoms with van der Waals surface area (Å²) in [4.78, 5) is 15.4. The zero-order chi connectivity index (χ0) is 19.4. The summed E-state index contributed by atoms with van der Waals surface area (Å²) in [7, 11) is 0. The standard InChI is InChI=1S/C18H20FN5O2S/c19-15-9-13(24-11-14(26-18(24)25)10-22-17(21)27)1-2-16(15)23-7-4-12(3-6-20)5-8-23/h1-3,9,14H,4-5,7-8,10-11H2,(H3,21,22,27)/t14-/m0/s1. The van der Waals surface area contributed by atoms with Crippen LogP contribution in [-0.2, 0) is 4.74 Å². The average Bonchev–Trinajstić information content (AvgIpc) is 3.02. The van der Waals surface area contributed by atoms with Gasteiger partial charge in [-0.1, -0.05) is 5.57 Å². The number of allylic oxidation sites excluding steroid dienone is 1. The lowest BCUT2D eigenvalue weighted by Crippen LogP contribution is -2.37. The van der Waals surface area contributed by atoms with Crippen LogP contribution in [0, 0.1) is 17.1 Å². The van der Waals surface area contributed by atoms with Crippen molar-refractivity contribution >= 4 is 34.8 Å². The predicted octanol–water partition coefficient (Wildman–Crippen LogP) is 2.03. The molecule has 1 aromatic carbocycles. The van der Waals surface area contributed by atoms with Crippen molar-refractivity contribution in [2.45, 2.75) is 18.9 Å². The normalized spacial score (nSPS) is 19.5. The first kappa shape index (κ1) is 18.9. The Kier molecular flexibility index (Phi) is 5.76. The summed E-state index contributed by atoms with van der Waals surface area (Å²) in [5.74, 6) is -0.391. The zero-order valence-electron chi connectivity index (χ0n) is 14.7. The Bertz CT molecular complexity index is 812. The first-order chi connectivity index (χ1) is 13.0. The molecular weight excluding hydrogens is 369 g/mol. The van der Waals surface area contributed by atoms with Gasteiger partial charge < -0.3 is 20.7 Å². The topological polar surface area (TPSA) is 94.6 Å². The van der Waals surface area contributed by atoms with Gasteiger partial charge in [-0.05, 0) is 43.3 Å². The van der Waals surface area contributed by atoms with Gasteiger partial charge in [0.15, 0.2) is 5.11 Å². The predicted molar refractivity (Wildman–Crippen MR) is 104 cm³/mol. The van der Waals surface area contributed by atoms with Gasteiger partial charge in [-0.15, -0.1) is 0 Å². The molecule has 1 amide bonds. The molecule has 0 bridgehead atoms. The Morgan fingerprint density at radius 3 is 2.85 bits per heavy atom. The second-order valence-corrected chi connectivity index (χ2v) is 6.86. The minimum Gasteiger partial charge on any atom is -0.442 e. The molecule has 142 valence electrons. The molecule has 2 fully saturated rings. The molecule has 2 saturated heterocycles. The van der Waals surface area contributed by atoms with E-state index in [9.17, 15) is 9.18 Å². The Labute approximate surface area is 162 Å². The summed E-state index contributed by atoms with van der Waals surface area (Å²) < 4.78 is 19.9. The first-order valence-electron chi connectivity index (χ1n) is 8.61. The highest BCUT2D eigenvalue weighted by Gasteiger charge is 2.32. The van der Waals surface area contributed by atoms with E-state index in [0.29, 0.717) is 37.6 Å². The maximum atomic E-state index is 14.7. The third kappa shape index (κ3) is 4.46. The number of nitrogens with one attached hydrogen (secondary N) is 1. The van der Waals surface area contributed by atoms with E-state index < -0.39 is 18.0 Å². The van der Waals surface area contributed by atoms with Crippen LogP contribution < -0.4 is 20.9 Å². The molecule has 1 aromatic rings. The minimum atomic E-state index is -0.527. The van der Waals surface area contributed by atoms with Crippen molar-refractivity contribution in [2.75, 3.05) is 36.0 Å². The molecule has 3 rings (SSSR count). The molecule has 2 aliphatic heterocycles. The van der Waals surface area contributed by atoms with E-state index in [0.717, 1.165) is 18.4 Å². The summed E-state index contributed by atoms with van der Waals surface area (Å²) in [5, 5.41) is 11.6. The summed E-state index contributed by atoms with van der Waals surface area (Å²) in [6, 6.07) is 6.78. The SMILES string of the molecule is N#CC=C1CCN(c2ccc(N3C[C@H](CNC(N)=S)OC3=O)cc2F)CC1. The number of nitrogens with two attached hydrogens (primary N) is 1. The third-order valence-corrected chi connectivity index (χ3v) is 4.78. The van der Waals surface area contributed by atoms with Crippen molar-refractivity contribution in [1.82, 2.24) is 5.32 Å². The van der Waals surface area contributed by atoms with Crippen LogP contribution in [0.5, 0.6) is 0 Å². The Hall–Kier alpha value is -2.86. The number of cyclic esters (lactones) is 1. The Morgan fingerprint density at radius 2 is 2.22 bits per heavy atom. The van der Waals surface area contributed by atoms with Gasteiger partial charge in [0.25, 0.3) is 0 Å².